The molecule has 0 unspecified atom stereocenters. The summed E-state index contributed by atoms with van der Waals surface area (Å²) in [4.78, 5) is 27.9. The summed E-state index contributed by atoms with van der Waals surface area (Å²) < 4.78 is 5.31. The number of nitrogens with zero attached hydrogens (tertiary/aromatic N) is 1. The normalized spacial score (nSPS) is 30.1. The van der Waals surface area contributed by atoms with E-state index in [4.69, 9.17) is 4.74 Å². The standard InChI is InChI=1S/C23H40N2O3/c1-4-28-23(27)20(14-13-18-9-6-5-7-10-18)24-17(3)22(26)25-16(2)15-19-11-8-12-21(19)25/h16-21,24H,4-15H2,1-3H3/t16-,17+,19+,20+,21+/m1/s1. The Labute approximate surface area is 170 Å². The third kappa shape index (κ3) is 5.08. The van der Waals surface area contributed by atoms with Crippen LogP contribution in [0.5, 0.6) is 0 Å². The summed E-state index contributed by atoms with van der Waals surface area (Å²) in [5.41, 5.74) is 0. The highest BCUT2D eigenvalue weighted by Gasteiger charge is 2.45. The van der Waals surface area contributed by atoms with Crippen LogP contribution in [-0.4, -0.2) is 47.6 Å². The highest BCUT2D eigenvalue weighted by molar-refractivity contribution is 5.84. The first-order valence-corrected chi connectivity index (χ1v) is 11.8. The molecule has 3 fully saturated rings. The number of fused-ring (bicyclic) bond motifs is 1. The zero-order valence-electron chi connectivity index (χ0n) is 18.1. The van der Waals surface area contributed by atoms with E-state index in [1.54, 1.807) is 0 Å². The van der Waals surface area contributed by atoms with Crippen molar-refractivity contribution in [3.63, 3.8) is 0 Å². The molecule has 5 atom stereocenters. The Morgan fingerprint density at radius 3 is 2.57 bits per heavy atom. The van der Waals surface area contributed by atoms with Gasteiger partial charge in [0.25, 0.3) is 0 Å². The molecule has 3 aliphatic rings. The van der Waals surface area contributed by atoms with Gasteiger partial charge in [-0.2, -0.15) is 0 Å². The fourth-order valence-corrected chi connectivity index (χ4v) is 5.90. The summed E-state index contributed by atoms with van der Waals surface area (Å²) in [6.45, 7) is 6.32. The number of hydrogen-bond acceptors (Lipinski definition) is 4. The SMILES string of the molecule is CCOC(=O)[C@H](CCC1CCCCC1)N[C@@H](C)C(=O)N1[C@H](C)C[C@@H]2CCC[C@@H]21. The van der Waals surface area contributed by atoms with Crippen molar-refractivity contribution < 1.29 is 14.3 Å². The molecule has 2 saturated carbocycles. The first-order valence-electron chi connectivity index (χ1n) is 11.8. The van der Waals surface area contributed by atoms with Crippen LogP contribution in [0, 0.1) is 11.8 Å². The van der Waals surface area contributed by atoms with Gasteiger partial charge in [0.15, 0.2) is 0 Å². The summed E-state index contributed by atoms with van der Waals surface area (Å²) in [7, 11) is 0. The van der Waals surface area contributed by atoms with Crippen molar-refractivity contribution in [3.8, 4) is 0 Å². The minimum absolute atomic E-state index is 0.161. The van der Waals surface area contributed by atoms with E-state index in [1.165, 1.54) is 44.9 Å². The van der Waals surface area contributed by atoms with E-state index in [2.05, 4.69) is 17.1 Å². The molecule has 5 heteroatoms. The maximum atomic E-state index is 13.2. The Morgan fingerprint density at radius 1 is 1.11 bits per heavy atom. The maximum absolute atomic E-state index is 13.2. The van der Waals surface area contributed by atoms with Gasteiger partial charge in [-0.3, -0.25) is 14.9 Å². The second-order valence-electron chi connectivity index (χ2n) is 9.36. The Balaban J connectivity index is 1.58. The summed E-state index contributed by atoms with van der Waals surface area (Å²) in [5, 5.41) is 3.35. The molecule has 1 heterocycles. The van der Waals surface area contributed by atoms with E-state index >= 15 is 0 Å². The van der Waals surface area contributed by atoms with Crippen LogP contribution in [0.1, 0.15) is 91.4 Å². The third-order valence-corrected chi connectivity index (χ3v) is 7.33. The molecule has 1 saturated heterocycles. The summed E-state index contributed by atoms with van der Waals surface area (Å²) >= 11 is 0. The van der Waals surface area contributed by atoms with Gasteiger partial charge in [-0.05, 0) is 64.7 Å². The second kappa shape index (κ2) is 10.1. The fourth-order valence-electron chi connectivity index (χ4n) is 5.90. The number of carbonyl (C=O) groups excluding carboxylic acids is 2. The largest absolute Gasteiger partial charge is 0.465 e. The lowest BCUT2D eigenvalue weighted by atomic mass is 9.85. The molecule has 28 heavy (non-hydrogen) atoms. The second-order valence-corrected chi connectivity index (χ2v) is 9.36. The van der Waals surface area contributed by atoms with Crippen molar-refractivity contribution in [3.05, 3.63) is 0 Å². The van der Waals surface area contributed by atoms with Crippen LogP contribution in [0.25, 0.3) is 0 Å². The molecule has 160 valence electrons. The van der Waals surface area contributed by atoms with E-state index in [0.29, 0.717) is 24.6 Å². The molecule has 1 amide bonds. The average Bonchev–Trinajstić information content (AvgIpc) is 3.25. The molecule has 5 nitrogen and oxygen atoms in total. The molecule has 1 N–H and O–H groups in total. The Hall–Kier alpha value is -1.10. The number of ether oxygens (including phenoxy) is 1. The van der Waals surface area contributed by atoms with Crippen LogP contribution in [-0.2, 0) is 14.3 Å². The zero-order chi connectivity index (χ0) is 20.1. The van der Waals surface area contributed by atoms with Gasteiger partial charge in [-0.15, -0.1) is 0 Å². The van der Waals surface area contributed by atoms with Crippen molar-refractivity contribution in [2.45, 2.75) is 116 Å². The van der Waals surface area contributed by atoms with Crippen LogP contribution < -0.4 is 5.32 Å². The fraction of sp³-hybridized carbons (Fsp3) is 0.913. The summed E-state index contributed by atoms with van der Waals surface area (Å²) in [5.74, 6) is 1.36. The smallest absolute Gasteiger partial charge is 0.323 e. The molecule has 0 spiro atoms. The lowest BCUT2D eigenvalue weighted by Crippen LogP contribution is -2.53. The lowest BCUT2D eigenvalue weighted by Gasteiger charge is -2.32. The number of nitrogens with one attached hydrogen (secondary N) is 1. The van der Waals surface area contributed by atoms with Gasteiger partial charge in [0.2, 0.25) is 5.91 Å². The summed E-state index contributed by atoms with van der Waals surface area (Å²) in [6.07, 6.45) is 13.1. The number of carbonyl (C=O) groups is 2. The van der Waals surface area contributed by atoms with Gasteiger partial charge in [-0.25, -0.2) is 0 Å². The molecule has 0 bridgehead atoms. The van der Waals surface area contributed by atoms with Crippen LogP contribution in [0.2, 0.25) is 0 Å². The van der Waals surface area contributed by atoms with E-state index < -0.39 is 0 Å². The van der Waals surface area contributed by atoms with E-state index in [-0.39, 0.29) is 24.0 Å². The number of rotatable bonds is 8. The third-order valence-electron chi connectivity index (χ3n) is 7.33. The van der Waals surface area contributed by atoms with Crippen LogP contribution >= 0.6 is 0 Å². The Bertz CT molecular complexity index is 532. The monoisotopic (exact) mass is 392 g/mol. The molecular weight excluding hydrogens is 352 g/mol. The van der Waals surface area contributed by atoms with Gasteiger partial charge >= 0.3 is 5.97 Å². The maximum Gasteiger partial charge on any atom is 0.323 e. The van der Waals surface area contributed by atoms with Crippen molar-refractivity contribution in [1.29, 1.82) is 0 Å². The minimum atomic E-state index is -0.377. The highest BCUT2D eigenvalue weighted by atomic mass is 16.5. The first-order chi connectivity index (χ1) is 13.5. The van der Waals surface area contributed by atoms with E-state index in [9.17, 15) is 9.59 Å². The molecule has 3 rings (SSSR count). The molecule has 2 aliphatic carbocycles. The topological polar surface area (TPSA) is 58.6 Å². The molecular formula is C23H40N2O3. The predicted octanol–water partition coefficient (Wildman–Crippen LogP) is 4.05. The van der Waals surface area contributed by atoms with Gasteiger partial charge < -0.3 is 9.64 Å². The van der Waals surface area contributed by atoms with Crippen LogP contribution in [0.15, 0.2) is 0 Å². The summed E-state index contributed by atoms with van der Waals surface area (Å²) in [6, 6.07) is 0.00559. The predicted molar refractivity (Wildman–Crippen MR) is 111 cm³/mol. The Morgan fingerprint density at radius 2 is 1.86 bits per heavy atom. The highest BCUT2D eigenvalue weighted by Crippen LogP contribution is 2.41. The van der Waals surface area contributed by atoms with Crippen LogP contribution in [0.3, 0.4) is 0 Å². The van der Waals surface area contributed by atoms with E-state index in [1.807, 2.05) is 13.8 Å². The molecule has 0 aromatic carbocycles. The molecule has 1 aliphatic heterocycles. The van der Waals surface area contributed by atoms with Gasteiger partial charge in [-0.1, -0.05) is 38.5 Å². The quantitative estimate of drug-likeness (QED) is 0.633. The Kier molecular flexibility index (Phi) is 7.78. The lowest BCUT2D eigenvalue weighted by molar-refractivity contribution is -0.146. The average molecular weight is 393 g/mol. The molecule has 0 aromatic heterocycles. The number of likely N-dealkylation sites (tertiary alicyclic amines) is 1. The number of hydrogen-bond donors (Lipinski definition) is 1. The van der Waals surface area contributed by atoms with E-state index in [0.717, 1.165) is 31.6 Å². The van der Waals surface area contributed by atoms with Crippen LogP contribution in [0.4, 0.5) is 0 Å². The van der Waals surface area contributed by atoms with Crippen molar-refractivity contribution >= 4 is 11.9 Å². The number of esters is 1. The minimum Gasteiger partial charge on any atom is -0.465 e. The van der Waals surface area contributed by atoms with Gasteiger partial charge in [0.05, 0.1) is 12.6 Å². The van der Waals surface area contributed by atoms with Gasteiger partial charge in [0.1, 0.15) is 6.04 Å². The zero-order valence-corrected chi connectivity index (χ0v) is 18.1. The first kappa shape index (κ1) is 21.6. The van der Waals surface area contributed by atoms with Gasteiger partial charge in [0, 0.05) is 12.1 Å². The number of amides is 1. The molecule has 0 radical (unpaired) electrons. The van der Waals surface area contributed by atoms with Crippen molar-refractivity contribution in [1.82, 2.24) is 10.2 Å². The van der Waals surface area contributed by atoms with Crippen molar-refractivity contribution in [2.24, 2.45) is 11.8 Å². The van der Waals surface area contributed by atoms with Crippen molar-refractivity contribution in [2.75, 3.05) is 6.61 Å². The molecule has 0 aromatic rings.